The van der Waals surface area contributed by atoms with Crippen molar-refractivity contribution in [3.63, 3.8) is 0 Å². The number of rotatable bonds is 4. The Labute approximate surface area is 139 Å². The van der Waals surface area contributed by atoms with Crippen LogP contribution in [0, 0.1) is 3.57 Å². The summed E-state index contributed by atoms with van der Waals surface area (Å²) in [5, 5.41) is 0. The first-order chi connectivity index (χ1) is 9.56. The largest absolute Gasteiger partial charge is 0.496 e. The lowest BCUT2D eigenvalue weighted by Gasteiger charge is -2.10. The Balaban J connectivity index is 2.49. The quantitative estimate of drug-likeness (QED) is 0.725. The van der Waals surface area contributed by atoms with Gasteiger partial charge in [-0.05, 0) is 56.7 Å². The van der Waals surface area contributed by atoms with Gasteiger partial charge < -0.3 is 15.2 Å². The van der Waals surface area contributed by atoms with Crippen LogP contribution in [0.5, 0.6) is 5.75 Å². The van der Waals surface area contributed by atoms with Crippen molar-refractivity contribution >= 4 is 44.3 Å². The summed E-state index contributed by atoms with van der Waals surface area (Å²) in [6.45, 7) is 0.398. The number of halogens is 2. The average molecular weight is 450 g/mol. The van der Waals surface area contributed by atoms with E-state index in [1.165, 1.54) is 0 Å². The maximum Gasteiger partial charge on any atom is 0.161 e. The molecule has 0 amide bonds. The van der Waals surface area contributed by atoms with Gasteiger partial charge in [0, 0.05) is 12.7 Å². The van der Waals surface area contributed by atoms with E-state index in [1.54, 1.807) is 14.2 Å². The molecule has 0 bridgehead atoms. The van der Waals surface area contributed by atoms with Crippen LogP contribution in [0.15, 0.2) is 22.7 Å². The molecule has 2 N–H and O–H groups in total. The molecule has 0 unspecified atom stereocenters. The van der Waals surface area contributed by atoms with Gasteiger partial charge in [0.25, 0.3) is 0 Å². The minimum absolute atomic E-state index is 0.398. The van der Waals surface area contributed by atoms with E-state index >= 15 is 0 Å². The van der Waals surface area contributed by atoms with Gasteiger partial charge in [0.05, 0.1) is 27.5 Å². The van der Waals surface area contributed by atoms with Crippen LogP contribution in [-0.4, -0.2) is 24.2 Å². The van der Waals surface area contributed by atoms with Crippen LogP contribution in [0.25, 0.3) is 11.4 Å². The Morgan fingerprint density at radius 1 is 1.30 bits per heavy atom. The first-order valence-corrected chi connectivity index (χ1v) is 7.58. The van der Waals surface area contributed by atoms with E-state index in [2.05, 4.69) is 48.5 Å². The molecule has 2 rings (SSSR count). The molecule has 0 radical (unpaired) electrons. The number of ether oxygens (including phenoxy) is 2. The van der Waals surface area contributed by atoms with E-state index in [9.17, 15) is 0 Å². The molecule has 1 aromatic heterocycles. The molecule has 5 nitrogen and oxygen atoms in total. The van der Waals surface area contributed by atoms with Crippen molar-refractivity contribution in [2.24, 2.45) is 0 Å². The average Bonchev–Trinajstić information content (AvgIpc) is 2.43. The number of nitrogens with zero attached hydrogens (tertiary/aromatic N) is 2. The van der Waals surface area contributed by atoms with Crippen LogP contribution in [0.4, 0.5) is 5.82 Å². The van der Waals surface area contributed by atoms with Crippen molar-refractivity contribution in [3.05, 3.63) is 31.9 Å². The summed E-state index contributed by atoms with van der Waals surface area (Å²) in [6.07, 6.45) is 0. The minimum Gasteiger partial charge on any atom is -0.496 e. The molecular weight excluding hydrogens is 437 g/mol. The van der Waals surface area contributed by atoms with E-state index < -0.39 is 0 Å². The summed E-state index contributed by atoms with van der Waals surface area (Å²) in [6, 6.07) is 5.64. The van der Waals surface area contributed by atoms with Gasteiger partial charge in [0.1, 0.15) is 11.6 Å². The lowest BCUT2D eigenvalue weighted by atomic mass is 10.2. The van der Waals surface area contributed by atoms with E-state index in [0.717, 1.165) is 25.0 Å². The Morgan fingerprint density at radius 3 is 2.65 bits per heavy atom. The van der Waals surface area contributed by atoms with Crippen LogP contribution in [0.1, 0.15) is 5.69 Å². The second kappa shape index (κ2) is 6.68. The van der Waals surface area contributed by atoms with Crippen LogP contribution < -0.4 is 10.5 Å². The van der Waals surface area contributed by atoms with Crippen LogP contribution in [-0.2, 0) is 11.3 Å². The standard InChI is InChI=1S/C13H13BrIN3O2/c1-19-6-9-11(15)12(16)18-13(17-9)7-3-4-10(20-2)8(14)5-7/h3-5H,6H2,1-2H3,(H2,16,17,18). The first kappa shape index (κ1) is 15.5. The second-order valence-electron chi connectivity index (χ2n) is 3.98. The molecule has 7 heteroatoms. The highest BCUT2D eigenvalue weighted by Gasteiger charge is 2.12. The second-order valence-corrected chi connectivity index (χ2v) is 5.91. The highest BCUT2D eigenvalue weighted by Crippen LogP contribution is 2.30. The number of nitrogen functional groups attached to an aromatic ring is 1. The maximum atomic E-state index is 5.93. The molecule has 0 aliphatic carbocycles. The van der Waals surface area contributed by atoms with Crippen molar-refractivity contribution in [2.45, 2.75) is 6.61 Å². The smallest absolute Gasteiger partial charge is 0.161 e. The maximum absolute atomic E-state index is 5.93. The summed E-state index contributed by atoms with van der Waals surface area (Å²) < 4.78 is 12.0. The predicted molar refractivity (Wildman–Crippen MR) is 89.6 cm³/mol. The third kappa shape index (κ3) is 3.21. The van der Waals surface area contributed by atoms with Crippen LogP contribution in [0.3, 0.4) is 0 Å². The summed E-state index contributed by atoms with van der Waals surface area (Å²) in [7, 11) is 3.24. The van der Waals surface area contributed by atoms with Gasteiger partial charge in [0.2, 0.25) is 0 Å². The van der Waals surface area contributed by atoms with Gasteiger partial charge in [-0.1, -0.05) is 0 Å². The van der Waals surface area contributed by atoms with Gasteiger partial charge >= 0.3 is 0 Å². The zero-order valence-electron chi connectivity index (χ0n) is 11.0. The highest BCUT2D eigenvalue weighted by atomic mass is 127. The number of nitrogens with two attached hydrogens (primary N) is 1. The lowest BCUT2D eigenvalue weighted by molar-refractivity contribution is 0.181. The molecule has 0 atom stereocenters. The van der Waals surface area contributed by atoms with Gasteiger partial charge in [-0.3, -0.25) is 0 Å². The van der Waals surface area contributed by atoms with Gasteiger partial charge in [0.15, 0.2) is 5.82 Å². The number of methoxy groups -OCH3 is 2. The topological polar surface area (TPSA) is 70.3 Å². The molecule has 0 fully saturated rings. The molecule has 106 valence electrons. The summed E-state index contributed by atoms with van der Waals surface area (Å²) in [5.41, 5.74) is 7.57. The van der Waals surface area contributed by atoms with Crippen molar-refractivity contribution in [1.29, 1.82) is 0 Å². The lowest BCUT2D eigenvalue weighted by Crippen LogP contribution is -2.06. The number of hydrogen-bond donors (Lipinski definition) is 1. The van der Waals surface area contributed by atoms with Gasteiger partial charge in [-0.15, -0.1) is 0 Å². The van der Waals surface area contributed by atoms with E-state index in [1.807, 2.05) is 18.2 Å². The number of anilines is 1. The molecule has 0 aliphatic heterocycles. The molecule has 0 saturated carbocycles. The van der Waals surface area contributed by atoms with Crippen LogP contribution in [0.2, 0.25) is 0 Å². The fourth-order valence-electron chi connectivity index (χ4n) is 1.68. The Bertz CT molecular complexity index is 637. The minimum atomic E-state index is 0.398. The first-order valence-electron chi connectivity index (χ1n) is 5.71. The van der Waals surface area contributed by atoms with E-state index in [-0.39, 0.29) is 0 Å². The van der Waals surface area contributed by atoms with Crippen molar-refractivity contribution in [2.75, 3.05) is 20.0 Å². The highest BCUT2D eigenvalue weighted by molar-refractivity contribution is 14.1. The molecule has 0 aliphatic rings. The van der Waals surface area contributed by atoms with Crippen molar-refractivity contribution < 1.29 is 9.47 Å². The number of hydrogen-bond acceptors (Lipinski definition) is 5. The molecule has 20 heavy (non-hydrogen) atoms. The Morgan fingerprint density at radius 2 is 2.05 bits per heavy atom. The molecule has 1 aromatic carbocycles. The normalized spacial score (nSPS) is 10.6. The molecule has 2 aromatic rings. The Kier molecular flexibility index (Phi) is 5.17. The molecule has 1 heterocycles. The SMILES string of the molecule is COCc1nc(-c2ccc(OC)c(Br)c2)nc(N)c1I. The summed E-state index contributed by atoms with van der Waals surface area (Å²) >= 11 is 5.57. The molecule has 0 spiro atoms. The molecular formula is C13H13BrIN3O2. The zero-order chi connectivity index (χ0) is 14.7. The zero-order valence-corrected chi connectivity index (χ0v) is 14.7. The van der Waals surface area contributed by atoms with Crippen molar-refractivity contribution in [3.8, 4) is 17.1 Å². The number of benzene rings is 1. The third-order valence-corrected chi connectivity index (χ3v) is 4.43. The number of aromatic nitrogens is 2. The van der Waals surface area contributed by atoms with Crippen molar-refractivity contribution in [1.82, 2.24) is 9.97 Å². The van der Waals surface area contributed by atoms with Gasteiger partial charge in [-0.2, -0.15) is 0 Å². The summed E-state index contributed by atoms with van der Waals surface area (Å²) in [5.74, 6) is 1.78. The van der Waals surface area contributed by atoms with E-state index in [4.69, 9.17) is 15.2 Å². The fraction of sp³-hybridized carbons (Fsp3) is 0.231. The fourth-order valence-corrected chi connectivity index (χ4v) is 2.62. The Hall–Kier alpha value is -0.930. The third-order valence-electron chi connectivity index (χ3n) is 2.64. The predicted octanol–water partition coefficient (Wildman–Crippen LogP) is 3.25. The van der Waals surface area contributed by atoms with Gasteiger partial charge in [-0.25, -0.2) is 9.97 Å². The van der Waals surface area contributed by atoms with Crippen LogP contribution >= 0.6 is 38.5 Å². The monoisotopic (exact) mass is 449 g/mol. The molecule has 0 saturated heterocycles. The van der Waals surface area contributed by atoms with E-state index in [0.29, 0.717) is 18.2 Å². The summed E-state index contributed by atoms with van der Waals surface area (Å²) in [4.78, 5) is 8.83.